The number of aryl methyl sites for hydroxylation is 1. The highest BCUT2D eigenvalue weighted by Crippen LogP contribution is 2.26. The smallest absolute Gasteiger partial charge is 0.264 e. The molecule has 214 valence electrons. The third-order valence-electron chi connectivity index (χ3n) is 6.34. The molecule has 0 saturated heterocycles. The van der Waals surface area contributed by atoms with Gasteiger partial charge in [0.15, 0.2) is 0 Å². The first kappa shape index (κ1) is 30.7. The molecule has 0 saturated carbocycles. The van der Waals surface area contributed by atoms with E-state index in [1.54, 1.807) is 36.4 Å². The number of rotatable bonds is 13. The van der Waals surface area contributed by atoms with Crippen LogP contribution in [-0.2, 0) is 26.2 Å². The van der Waals surface area contributed by atoms with Gasteiger partial charge in [0.25, 0.3) is 10.0 Å². The van der Waals surface area contributed by atoms with Crippen molar-refractivity contribution in [1.29, 1.82) is 0 Å². The van der Waals surface area contributed by atoms with E-state index < -0.39 is 28.5 Å². The molecular formula is C31H39N3O5S. The molecule has 1 N–H and O–H groups in total. The molecule has 0 aromatic heterocycles. The average Bonchev–Trinajstić information content (AvgIpc) is 2.92. The number of ether oxygens (including phenoxy) is 1. The van der Waals surface area contributed by atoms with Crippen molar-refractivity contribution in [2.24, 2.45) is 0 Å². The fourth-order valence-corrected chi connectivity index (χ4v) is 5.74. The van der Waals surface area contributed by atoms with Gasteiger partial charge in [-0.1, -0.05) is 55.0 Å². The highest BCUT2D eigenvalue weighted by Gasteiger charge is 2.33. The lowest BCUT2D eigenvalue weighted by Gasteiger charge is -2.33. The molecule has 8 nitrogen and oxygen atoms in total. The van der Waals surface area contributed by atoms with Crippen molar-refractivity contribution in [3.05, 3.63) is 90.0 Å². The van der Waals surface area contributed by atoms with Gasteiger partial charge in [-0.3, -0.25) is 13.9 Å². The molecule has 0 bridgehead atoms. The molecular weight excluding hydrogens is 526 g/mol. The topological polar surface area (TPSA) is 96.0 Å². The predicted molar refractivity (Wildman–Crippen MR) is 158 cm³/mol. The molecule has 0 fully saturated rings. The summed E-state index contributed by atoms with van der Waals surface area (Å²) in [4.78, 5) is 28.7. The van der Waals surface area contributed by atoms with E-state index >= 15 is 0 Å². The van der Waals surface area contributed by atoms with Crippen molar-refractivity contribution < 1.29 is 22.7 Å². The maximum Gasteiger partial charge on any atom is 0.264 e. The van der Waals surface area contributed by atoms with E-state index in [1.165, 1.54) is 17.0 Å². The van der Waals surface area contributed by atoms with Crippen LogP contribution in [0.5, 0.6) is 5.75 Å². The van der Waals surface area contributed by atoms with Crippen LogP contribution in [0.3, 0.4) is 0 Å². The summed E-state index contributed by atoms with van der Waals surface area (Å²) in [7, 11) is -4.14. The monoisotopic (exact) mass is 565 g/mol. The second kappa shape index (κ2) is 14.0. The van der Waals surface area contributed by atoms with E-state index in [0.29, 0.717) is 24.5 Å². The molecule has 3 rings (SSSR count). The van der Waals surface area contributed by atoms with Gasteiger partial charge < -0.3 is 15.0 Å². The Morgan fingerprint density at radius 1 is 0.900 bits per heavy atom. The van der Waals surface area contributed by atoms with Crippen LogP contribution in [0, 0.1) is 6.92 Å². The van der Waals surface area contributed by atoms with Crippen LogP contribution in [0.1, 0.15) is 45.2 Å². The van der Waals surface area contributed by atoms with Gasteiger partial charge in [0.2, 0.25) is 11.8 Å². The fraction of sp³-hybridized carbons (Fsp3) is 0.355. The van der Waals surface area contributed by atoms with Crippen molar-refractivity contribution in [2.45, 2.75) is 64.6 Å². The first-order valence-corrected chi connectivity index (χ1v) is 15.0. The average molecular weight is 566 g/mol. The summed E-state index contributed by atoms with van der Waals surface area (Å²) in [6.45, 7) is 9.45. The number of carbonyl (C=O) groups is 2. The van der Waals surface area contributed by atoms with Crippen molar-refractivity contribution in [3.8, 4) is 5.75 Å². The minimum absolute atomic E-state index is 0.0310. The summed E-state index contributed by atoms with van der Waals surface area (Å²) in [5.74, 6) is -0.210. The summed E-state index contributed by atoms with van der Waals surface area (Å²) >= 11 is 0. The van der Waals surface area contributed by atoms with Crippen LogP contribution in [0.4, 0.5) is 5.69 Å². The Balaban J connectivity index is 2.03. The highest BCUT2D eigenvalue weighted by atomic mass is 32.2. The van der Waals surface area contributed by atoms with Gasteiger partial charge in [-0.25, -0.2) is 8.42 Å². The first-order chi connectivity index (χ1) is 19.1. The lowest BCUT2D eigenvalue weighted by atomic mass is 10.1. The molecule has 0 aliphatic carbocycles. The van der Waals surface area contributed by atoms with Crippen molar-refractivity contribution in [2.75, 3.05) is 17.5 Å². The minimum atomic E-state index is -4.14. The van der Waals surface area contributed by atoms with Gasteiger partial charge >= 0.3 is 0 Å². The molecule has 3 aromatic rings. The van der Waals surface area contributed by atoms with Crippen molar-refractivity contribution in [1.82, 2.24) is 10.2 Å². The van der Waals surface area contributed by atoms with Crippen LogP contribution >= 0.6 is 0 Å². The van der Waals surface area contributed by atoms with E-state index in [-0.39, 0.29) is 23.4 Å². The van der Waals surface area contributed by atoms with Crippen molar-refractivity contribution in [3.63, 3.8) is 0 Å². The standard InChI is InChI=1S/C31H39N3O5S/c1-6-29(31(36)32-23(3)4)33(21-25-11-9-8-10-12-25)30(35)22-34(26-15-13-24(5)14-16-26)40(37,38)28-19-17-27(18-20-28)39-7-2/h8-20,23,29H,6-7,21-22H2,1-5H3,(H,32,36)/t29-/m0/s1. The Labute approximate surface area is 238 Å². The Kier molecular flexibility index (Phi) is 10.7. The van der Waals surface area contributed by atoms with Crippen molar-refractivity contribution >= 4 is 27.5 Å². The highest BCUT2D eigenvalue weighted by molar-refractivity contribution is 7.92. The van der Waals surface area contributed by atoms with Crippen LogP contribution in [0.15, 0.2) is 83.8 Å². The SMILES string of the molecule is CCOc1ccc(S(=O)(=O)N(CC(=O)N(Cc2ccccc2)[C@@H](CC)C(=O)NC(C)C)c2ccc(C)cc2)cc1. The maximum atomic E-state index is 14.0. The number of nitrogens with one attached hydrogen (secondary N) is 1. The molecule has 0 heterocycles. The fourth-order valence-electron chi connectivity index (χ4n) is 4.32. The zero-order valence-electron chi connectivity index (χ0n) is 23.8. The molecule has 0 radical (unpaired) electrons. The summed E-state index contributed by atoms with van der Waals surface area (Å²) in [5.41, 5.74) is 2.14. The molecule has 0 aliphatic rings. The molecule has 0 unspecified atom stereocenters. The molecule has 40 heavy (non-hydrogen) atoms. The van der Waals surface area contributed by atoms with Crippen LogP contribution in [-0.4, -0.2) is 50.4 Å². The number of amides is 2. The molecule has 9 heteroatoms. The second-order valence-electron chi connectivity index (χ2n) is 9.85. The molecule has 0 aliphatic heterocycles. The number of carbonyl (C=O) groups excluding carboxylic acids is 2. The molecule has 0 spiro atoms. The third kappa shape index (κ3) is 7.85. The van der Waals surface area contributed by atoms with Gasteiger partial charge in [-0.15, -0.1) is 0 Å². The van der Waals surface area contributed by atoms with Gasteiger partial charge in [0, 0.05) is 12.6 Å². The van der Waals surface area contributed by atoms with Gasteiger partial charge in [0.05, 0.1) is 17.2 Å². The van der Waals surface area contributed by atoms with Gasteiger partial charge in [0.1, 0.15) is 18.3 Å². The van der Waals surface area contributed by atoms with Gasteiger partial charge in [-0.2, -0.15) is 0 Å². The number of benzene rings is 3. The largest absolute Gasteiger partial charge is 0.494 e. The van der Waals surface area contributed by atoms with E-state index in [2.05, 4.69) is 5.32 Å². The summed E-state index contributed by atoms with van der Waals surface area (Å²) in [5, 5.41) is 2.90. The Morgan fingerprint density at radius 3 is 2.08 bits per heavy atom. The second-order valence-corrected chi connectivity index (χ2v) is 11.7. The van der Waals surface area contributed by atoms with E-state index in [1.807, 2.05) is 65.0 Å². The predicted octanol–water partition coefficient (Wildman–Crippen LogP) is 4.92. The zero-order valence-corrected chi connectivity index (χ0v) is 24.6. The molecule has 3 aromatic carbocycles. The maximum absolute atomic E-state index is 14.0. The quantitative estimate of drug-likeness (QED) is 0.317. The van der Waals surface area contributed by atoms with Crippen LogP contribution < -0.4 is 14.4 Å². The summed E-state index contributed by atoms with van der Waals surface area (Å²) in [6.07, 6.45) is 0.368. The summed E-state index contributed by atoms with van der Waals surface area (Å²) < 4.78 is 34.5. The number of sulfonamides is 1. The molecule has 1 atom stereocenters. The van der Waals surface area contributed by atoms with Crippen LogP contribution in [0.25, 0.3) is 0 Å². The number of anilines is 1. The number of nitrogens with zero attached hydrogens (tertiary/aromatic N) is 2. The Bertz CT molecular complexity index is 1360. The molecule has 2 amide bonds. The van der Waals surface area contributed by atoms with Gasteiger partial charge in [-0.05, 0) is 76.1 Å². The van der Waals surface area contributed by atoms with E-state index in [4.69, 9.17) is 4.74 Å². The number of hydrogen-bond donors (Lipinski definition) is 1. The zero-order chi connectivity index (χ0) is 29.3. The summed E-state index contributed by atoms with van der Waals surface area (Å²) in [6, 6.07) is 21.6. The van der Waals surface area contributed by atoms with E-state index in [0.717, 1.165) is 15.4 Å². The lowest BCUT2D eigenvalue weighted by molar-refractivity contribution is -0.140. The normalized spacial score (nSPS) is 12.1. The Hall–Kier alpha value is -3.85. The van der Waals surface area contributed by atoms with Crippen LogP contribution in [0.2, 0.25) is 0 Å². The number of hydrogen-bond acceptors (Lipinski definition) is 5. The van der Waals surface area contributed by atoms with E-state index in [9.17, 15) is 18.0 Å². The Morgan fingerprint density at radius 2 is 1.52 bits per heavy atom. The first-order valence-electron chi connectivity index (χ1n) is 13.5. The third-order valence-corrected chi connectivity index (χ3v) is 8.12. The minimum Gasteiger partial charge on any atom is -0.494 e. The lowest BCUT2D eigenvalue weighted by Crippen LogP contribution is -2.53.